The molecule has 1 aromatic carbocycles. The van der Waals surface area contributed by atoms with Crippen LogP contribution in [0.25, 0.3) is 11.1 Å². The molecule has 1 fully saturated rings. The van der Waals surface area contributed by atoms with Crippen molar-refractivity contribution in [3.05, 3.63) is 28.3 Å². The number of hydrogen-bond acceptors (Lipinski definition) is 5. The summed E-state index contributed by atoms with van der Waals surface area (Å²) in [5.74, 6) is 0. The molecule has 1 saturated carbocycles. The predicted molar refractivity (Wildman–Crippen MR) is 71.1 cm³/mol. The Balaban J connectivity index is 1.85. The maximum Gasteiger partial charge on any atom is 0.298 e. The van der Waals surface area contributed by atoms with Gasteiger partial charge in [0.05, 0.1) is 4.92 Å². The van der Waals surface area contributed by atoms with Crippen LogP contribution < -0.4 is 5.32 Å². The number of aromatic nitrogens is 1. The van der Waals surface area contributed by atoms with Gasteiger partial charge in [0.15, 0.2) is 11.1 Å². The van der Waals surface area contributed by atoms with Crippen LogP contribution in [0.3, 0.4) is 0 Å². The van der Waals surface area contributed by atoms with Gasteiger partial charge >= 0.3 is 0 Å². The minimum Gasteiger partial charge on any atom is -0.423 e. The maximum atomic E-state index is 10.9. The molecule has 0 unspecified atom stereocenters. The van der Waals surface area contributed by atoms with Crippen LogP contribution >= 0.6 is 0 Å². The molecule has 0 radical (unpaired) electrons. The van der Waals surface area contributed by atoms with E-state index in [0.717, 1.165) is 6.54 Å². The molecule has 0 aliphatic heterocycles. The van der Waals surface area contributed by atoms with Gasteiger partial charge in [-0.1, -0.05) is 19.4 Å². The zero-order chi connectivity index (χ0) is 13.5. The normalized spacial score (nSPS) is 17.1. The smallest absolute Gasteiger partial charge is 0.298 e. The van der Waals surface area contributed by atoms with Gasteiger partial charge in [0, 0.05) is 12.6 Å². The van der Waals surface area contributed by atoms with E-state index in [2.05, 4.69) is 17.2 Å². The van der Waals surface area contributed by atoms with Gasteiger partial charge in [-0.05, 0) is 24.3 Å². The Labute approximate surface area is 110 Å². The first-order chi connectivity index (χ1) is 9.07. The molecule has 19 heavy (non-hydrogen) atoms. The van der Waals surface area contributed by atoms with Crippen molar-refractivity contribution in [1.29, 1.82) is 0 Å². The SMILES string of the molecule is CC1(CNc2nc3c([N+](=O)[O-])cccc3o2)CCC1. The van der Waals surface area contributed by atoms with E-state index in [4.69, 9.17) is 4.42 Å². The molecule has 1 aromatic heterocycles. The number of para-hydroxylation sites is 1. The lowest BCUT2D eigenvalue weighted by Crippen LogP contribution is -2.33. The molecule has 0 saturated heterocycles. The molecule has 1 aliphatic carbocycles. The molecule has 0 atom stereocenters. The van der Waals surface area contributed by atoms with Crippen LogP contribution in [0.15, 0.2) is 22.6 Å². The number of fused-ring (bicyclic) bond motifs is 1. The summed E-state index contributed by atoms with van der Waals surface area (Å²) >= 11 is 0. The van der Waals surface area contributed by atoms with E-state index in [0.29, 0.717) is 22.5 Å². The molecular formula is C13H15N3O3. The largest absolute Gasteiger partial charge is 0.423 e. The molecule has 100 valence electrons. The molecule has 0 amide bonds. The Kier molecular flexibility index (Phi) is 2.66. The fourth-order valence-electron chi connectivity index (χ4n) is 2.40. The first kappa shape index (κ1) is 12.0. The van der Waals surface area contributed by atoms with Crippen molar-refractivity contribution in [2.24, 2.45) is 5.41 Å². The maximum absolute atomic E-state index is 10.9. The van der Waals surface area contributed by atoms with Gasteiger partial charge in [-0.3, -0.25) is 10.1 Å². The van der Waals surface area contributed by atoms with E-state index in [1.807, 2.05) is 0 Å². The summed E-state index contributed by atoms with van der Waals surface area (Å²) in [5, 5.41) is 14.0. The van der Waals surface area contributed by atoms with Gasteiger partial charge in [0.2, 0.25) is 0 Å². The Bertz CT molecular complexity index is 631. The summed E-state index contributed by atoms with van der Waals surface area (Å²) in [4.78, 5) is 14.6. The molecule has 1 aliphatic rings. The Morgan fingerprint density at radius 3 is 2.95 bits per heavy atom. The number of anilines is 1. The van der Waals surface area contributed by atoms with Crippen LogP contribution in [0, 0.1) is 15.5 Å². The molecule has 3 rings (SSSR count). The number of hydrogen-bond donors (Lipinski definition) is 1. The average molecular weight is 261 g/mol. The molecule has 2 aromatic rings. The summed E-state index contributed by atoms with van der Waals surface area (Å²) in [6.45, 7) is 3.00. The van der Waals surface area contributed by atoms with Crippen molar-refractivity contribution < 1.29 is 9.34 Å². The quantitative estimate of drug-likeness (QED) is 0.674. The lowest BCUT2D eigenvalue weighted by atomic mass is 9.70. The van der Waals surface area contributed by atoms with Gasteiger partial charge < -0.3 is 9.73 Å². The van der Waals surface area contributed by atoms with Crippen molar-refractivity contribution >= 4 is 22.8 Å². The molecular weight excluding hydrogens is 246 g/mol. The minimum atomic E-state index is -0.443. The molecule has 1 heterocycles. The highest BCUT2D eigenvalue weighted by atomic mass is 16.6. The number of rotatable bonds is 4. The van der Waals surface area contributed by atoms with Gasteiger partial charge in [-0.15, -0.1) is 0 Å². The highest BCUT2D eigenvalue weighted by Crippen LogP contribution is 2.40. The van der Waals surface area contributed by atoms with Crippen molar-refractivity contribution in [2.75, 3.05) is 11.9 Å². The second-order valence-electron chi connectivity index (χ2n) is 5.42. The highest BCUT2D eigenvalue weighted by Gasteiger charge is 2.31. The van der Waals surface area contributed by atoms with E-state index in [1.165, 1.54) is 25.3 Å². The van der Waals surface area contributed by atoms with Gasteiger partial charge in [0.1, 0.15) is 0 Å². The zero-order valence-corrected chi connectivity index (χ0v) is 10.7. The minimum absolute atomic E-state index is 0.0239. The summed E-state index contributed by atoms with van der Waals surface area (Å²) in [5.41, 5.74) is 1.01. The van der Waals surface area contributed by atoms with Crippen LogP contribution in [-0.2, 0) is 0 Å². The van der Waals surface area contributed by atoms with E-state index >= 15 is 0 Å². The number of oxazole rings is 1. The average Bonchev–Trinajstić information content (AvgIpc) is 2.76. The molecule has 6 nitrogen and oxygen atoms in total. The summed E-state index contributed by atoms with van der Waals surface area (Å²) < 4.78 is 5.50. The van der Waals surface area contributed by atoms with Crippen molar-refractivity contribution in [3.63, 3.8) is 0 Å². The lowest BCUT2D eigenvalue weighted by Gasteiger charge is -2.38. The van der Waals surface area contributed by atoms with Crippen LogP contribution in [0.2, 0.25) is 0 Å². The topological polar surface area (TPSA) is 81.2 Å². The number of benzene rings is 1. The van der Waals surface area contributed by atoms with E-state index in [-0.39, 0.29) is 5.69 Å². The third kappa shape index (κ3) is 2.14. The summed E-state index contributed by atoms with van der Waals surface area (Å²) in [7, 11) is 0. The Morgan fingerprint density at radius 1 is 1.53 bits per heavy atom. The Hall–Kier alpha value is -2.11. The standard InChI is InChI=1S/C13H15N3O3/c1-13(6-3-7-13)8-14-12-15-11-9(16(17)18)4-2-5-10(11)19-12/h2,4-5H,3,6-8H2,1H3,(H,14,15). The first-order valence-electron chi connectivity index (χ1n) is 6.35. The van der Waals surface area contributed by atoms with Crippen LogP contribution in [-0.4, -0.2) is 16.5 Å². The predicted octanol–water partition coefficient (Wildman–Crippen LogP) is 3.34. The van der Waals surface area contributed by atoms with E-state index < -0.39 is 4.92 Å². The van der Waals surface area contributed by atoms with Gasteiger partial charge in [-0.25, -0.2) is 0 Å². The van der Waals surface area contributed by atoms with Crippen LogP contribution in [0.1, 0.15) is 26.2 Å². The first-order valence-corrected chi connectivity index (χ1v) is 6.35. The van der Waals surface area contributed by atoms with Gasteiger partial charge in [0.25, 0.3) is 11.7 Å². The summed E-state index contributed by atoms with van der Waals surface area (Å²) in [6.07, 6.45) is 3.65. The summed E-state index contributed by atoms with van der Waals surface area (Å²) in [6, 6.07) is 5.08. The molecule has 0 spiro atoms. The van der Waals surface area contributed by atoms with Crippen molar-refractivity contribution in [1.82, 2.24) is 4.98 Å². The fraction of sp³-hybridized carbons (Fsp3) is 0.462. The van der Waals surface area contributed by atoms with Crippen molar-refractivity contribution in [3.8, 4) is 0 Å². The number of nitrogens with one attached hydrogen (secondary N) is 1. The zero-order valence-electron chi connectivity index (χ0n) is 10.7. The molecule has 0 bridgehead atoms. The molecule has 1 N–H and O–H groups in total. The van der Waals surface area contributed by atoms with E-state index in [1.54, 1.807) is 12.1 Å². The monoisotopic (exact) mass is 261 g/mol. The number of nitrogens with zero attached hydrogens (tertiary/aromatic N) is 2. The van der Waals surface area contributed by atoms with Crippen LogP contribution in [0.5, 0.6) is 0 Å². The highest BCUT2D eigenvalue weighted by molar-refractivity contribution is 5.83. The number of non-ortho nitro benzene ring substituents is 1. The fourth-order valence-corrected chi connectivity index (χ4v) is 2.40. The van der Waals surface area contributed by atoms with Crippen LogP contribution in [0.4, 0.5) is 11.7 Å². The third-order valence-electron chi connectivity index (χ3n) is 3.82. The third-order valence-corrected chi connectivity index (χ3v) is 3.82. The Morgan fingerprint density at radius 2 is 2.32 bits per heavy atom. The van der Waals surface area contributed by atoms with E-state index in [9.17, 15) is 10.1 Å². The van der Waals surface area contributed by atoms with Gasteiger partial charge in [-0.2, -0.15) is 4.98 Å². The second-order valence-corrected chi connectivity index (χ2v) is 5.42. The van der Waals surface area contributed by atoms with Crippen molar-refractivity contribution in [2.45, 2.75) is 26.2 Å². The lowest BCUT2D eigenvalue weighted by molar-refractivity contribution is -0.383. The number of nitro groups is 1. The molecule has 6 heteroatoms. The number of nitro benzene ring substituents is 1. The second kappa shape index (κ2) is 4.22.